The monoisotopic (exact) mass is 377 g/mol. The summed E-state index contributed by atoms with van der Waals surface area (Å²) >= 11 is 1.69. The lowest BCUT2D eigenvalue weighted by Crippen LogP contribution is -2.36. The fourth-order valence-electron chi connectivity index (χ4n) is 2.78. The summed E-state index contributed by atoms with van der Waals surface area (Å²) in [5.74, 6) is 7.85. The number of hydrogen-bond donors (Lipinski definition) is 3. The zero-order valence-corrected chi connectivity index (χ0v) is 15.6. The Hall–Kier alpha value is -2.71. The fourth-order valence-corrected chi connectivity index (χ4v) is 3.66. The molecule has 136 valence electrons. The van der Waals surface area contributed by atoms with Crippen LogP contribution in [0.25, 0.3) is 11.1 Å². The molecule has 27 heavy (non-hydrogen) atoms. The first-order valence-corrected chi connectivity index (χ1v) is 9.68. The Balaban J connectivity index is 1.56. The topological polar surface area (TPSA) is 82.0 Å². The molecule has 1 aliphatic heterocycles. The highest BCUT2D eigenvalue weighted by molar-refractivity contribution is 8.01. The van der Waals surface area contributed by atoms with E-state index in [2.05, 4.69) is 39.1 Å². The first kappa shape index (κ1) is 17.7. The van der Waals surface area contributed by atoms with Crippen molar-refractivity contribution in [3.05, 3.63) is 42.2 Å². The van der Waals surface area contributed by atoms with Gasteiger partial charge in [-0.1, -0.05) is 23.6 Å². The van der Waals surface area contributed by atoms with Gasteiger partial charge >= 0.3 is 0 Å². The van der Waals surface area contributed by atoms with Crippen LogP contribution in [0.15, 0.2) is 36.7 Å². The van der Waals surface area contributed by atoms with E-state index in [1.807, 2.05) is 12.1 Å². The summed E-state index contributed by atoms with van der Waals surface area (Å²) < 4.78 is 5.49. The van der Waals surface area contributed by atoms with Gasteiger partial charge < -0.3 is 10.1 Å². The molecule has 7 heteroatoms. The number of nitrogens with zero attached hydrogens (tertiary/aromatic N) is 2. The average Bonchev–Trinajstić information content (AvgIpc) is 3.44. The lowest BCUT2D eigenvalue weighted by atomic mass is 10.0. The standard InChI is InChI=1S/C20H19N5OS/c1-26-18-6-4-14(11-21)10-15(18)16-12-22-9-8-17(16)23-20-25-24-19(27-20)7-5-13-2-3-13/h4,6,8-10,12-13,19-20,24-25H,2-3H2,1H3,(H,22,23). The van der Waals surface area contributed by atoms with Crippen LogP contribution in [-0.2, 0) is 0 Å². The quantitative estimate of drug-likeness (QED) is 0.707. The summed E-state index contributed by atoms with van der Waals surface area (Å²) in [4.78, 5) is 4.25. The molecule has 2 fully saturated rings. The van der Waals surface area contributed by atoms with Crippen molar-refractivity contribution >= 4 is 17.4 Å². The summed E-state index contributed by atoms with van der Waals surface area (Å²) in [7, 11) is 1.62. The van der Waals surface area contributed by atoms with Crippen molar-refractivity contribution in [2.75, 3.05) is 12.4 Å². The van der Waals surface area contributed by atoms with Gasteiger partial charge in [-0.05, 0) is 37.1 Å². The van der Waals surface area contributed by atoms with Gasteiger partial charge in [0.1, 0.15) is 16.6 Å². The molecule has 2 unspecified atom stereocenters. The number of aromatic nitrogens is 1. The van der Waals surface area contributed by atoms with Crippen molar-refractivity contribution in [1.82, 2.24) is 15.8 Å². The highest BCUT2D eigenvalue weighted by Gasteiger charge is 2.25. The van der Waals surface area contributed by atoms with Gasteiger partial charge in [0.15, 0.2) is 0 Å². The summed E-state index contributed by atoms with van der Waals surface area (Å²) in [5, 5.41) is 12.8. The van der Waals surface area contributed by atoms with Crippen LogP contribution in [0.1, 0.15) is 18.4 Å². The Morgan fingerprint density at radius 1 is 1.22 bits per heavy atom. The third-order valence-electron chi connectivity index (χ3n) is 4.34. The van der Waals surface area contributed by atoms with Crippen molar-refractivity contribution in [1.29, 1.82) is 5.26 Å². The molecule has 2 aromatic rings. The number of hydrazine groups is 1. The van der Waals surface area contributed by atoms with Gasteiger partial charge in [-0.15, -0.1) is 0 Å². The van der Waals surface area contributed by atoms with Gasteiger partial charge in [0.05, 0.1) is 18.7 Å². The Kier molecular flexibility index (Phi) is 5.17. The Morgan fingerprint density at radius 3 is 2.89 bits per heavy atom. The maximum Gasteiger partial charge on any atom is 0.140 e. The molecule has 0 radical (unpaired) electrons. The molecule has 4 rings (SSSR count). The molecule has 1 aromatic heterocycles. The van der Waals surface area contributed by atoms with E-state index in [4.69, 9.17) is 4.74 Å². The predicted molar refractivity (Wildman–Crippen MR) is 107 cm³/mol. The molecule has 1 aromatic carbocycles. The summed E-state index contributed by atoms with van der Waals surface area (Å²) in [5.41, 5.74) is 9.58. The SMILES string of the molecule is COc1ccc(C#N)cc1-c1cnccc1NC1NNC(C#CC2CC2)S1. The van der Waals surface area contributed by atoms with Gasteiger partial charge in [-0.2, -0.15) is 5.26 Å². The van der Waals surface area contributed by atoms with E-state index in [-0.39, 0.29) is 10.9 Å². The summed E-state index contributed by atoms with van der Waals surface area (Å²) in [6.07, 6.45) is 5.97. The highest BCUT2D eigenvalue weighted by Crippen LogP contribution is 2.36. The third-order valence-corrected chi connectivity index (χ3v) is 5.36. The summed E-state index contributed by atoms with van der Waals surface area (Å²) in [6, 6.07) is 9.46. The number of anilines is 1. The van der Waals surface area contributed by atoms with E-state index >= 15 is 0 Å². The normalized spacial score (nSPS) is 21.0. The Morgan fingerprint density at radius 2 is 2.11 bits per heavy atom. The second kappa shape index (κ2) is 7.89. The zero-order valence-electron chi connectivity index (χ0n) is 14.8. The largest absolute Gasteiger partial charge is 0.496 e. The van der Waals surface area contributed by atoms with Gasteiger partial charge in [0.2, 0.25) is 0 Å². The molecule has 1 saturated heterocycles. The number of nitrogens with one attached hydrogen (secondary N) is 3. The molecule has 3 N–H and O–H groups in total. The van der Waals surface area contributed by atoms with Gasteiger partial charge in [0, 0.05) is 35.1 Å². The van der Waals surface area contributed by atoms with Crippen LogP contribution >= 0.6 is 11.8 Å². The molecule has 6 nitrogen and oxygen atoms in total. The van der Waals surface area contributed by atoms with Crippen LogP contribution in [0.4, 0.5) is 5.69 Å². The van der Waals surface area contributed by atoms with E-state index in [0.29, 0.717) is 17.2 Å². The molecule has 2 heterocycles. The Labute approximate surface area is 162 Å². The van der Waals surface area contributed by atoms with Crippen LogP contribution in [0, 0.1) is 29.1 Å². The van der Waals surface area contributed by atoms with Crippen LogP contribution < -0.4 is 20.9 Å². The van der Waals surface area contributed by atoms with E-state index < -0.39 is 0 Å². The van der Waals surface area contributed by atoms with Gasteiger partial charge in [-0.3, -0.25) is 4.98 Å². The van der Waals surface area contributed by atoms with Crippen LogP contribution in [0.2, 0.25) is 0 Å². The minimum absolute atomic E-state index is 0.0326. The molecular formula is C20H19N5OS. The van der Waals surface area contributed by atoms with E-state index in [1.54, 1.807) is 43.4 Å². The second-order valence-electron chi connectivity index (χ2n) is 6.34. The second-order valence-corrected chi connectivity index (χ2v) is 7.56. The number of thioether (sulfide) groups is 1. The van der Waals surface area contributed by atoms with Crippen molar-refractivity contribution < 1.29 is 4.74 Å². The zero-order chi connectivity index (χ0) is 18.6. The van der Waals surface area contributed by atoms with Crippen molar-refractivity contribution in [3.8, 4) is 34.8 Å². The van der Waals surface area contributed by atoms with Gasteiger partial charge in [0.25, 0.3) is 0 Å². The van der Waals surface area contributed by atoms with E-state index in [1.165, 1.54) is 12.8 Å². The smallest absolute Gasteiger partial charge is 0.140 e. The number of ether oxygens (including phenoxy) is 1. The fraction of sp³-hybridized carbons (Fsp3) is 0.300. The average molecular weight is 377 g/mol. The van der Waals surface area contributed by atoms with Gasteiger partial charge in [-0.25, -0.2) is 10.9 Å². The molecule has 0 bridgehead atoms. The summed E-state index contributed by atoms with van der Waals surface area (Å²) in [6.45, 7) is 0. The lowest BCUT2D eigenvalue weighted by Gasteiger charge is -2.17. The third kappa shape index (κ3) is 4.17. The van der Waals surface area contributed by atoms with Crippen molar-refractivity contribution in [3.63, 3.8) is 0 Å². The van der Waals surface area contributed by atoms with E-state index in [0.717, 1.165) is 16.8 Å². The highest BCUT2D eigenvalue weighted by atomic mass is 32.2. The molecule has 2 atom stereocenters. The number of hydrogen-bond acceptors (Lipinski definition) is 7. The molecule has 0 amide bonds. The maximum atomic E-state index is 9.24. The molecule has 1 aliphatic carbocycles. The molecule has 0 spiro atoms. The molecule has 1 saturated carbocycles. The number of pyridine rings is 1. The molecular weight excluding hydrogens is 358 g/mol. The van der Waals surface area contributed by atoms with Crippen molar-refractivity contribution in [2.45, 2.75) is 23.7 Å². The predicted octanol–water partition coefficient (Wildman–Crippen LogP) is 2.90. The van der Waals surface area contributed by atoms with Crippen LogP contribution in [-0.4, -0.2) is 23.0 Å². The molecule has 2 aliphatic rings. The van der Waals surface area contributed by atoms with Crippen LogP contribution in [0.5, 0.6) is 5.75 Å². The van der Waals surface area contributed by atoms with Crippen LogP contribution in [0.3, 0.4) is 0 Å². The first-order valence-electron chi connectivity index (χ1n) is 8.73. The number of nitriles is 1. The van der Waals surface area contributed by atoms with E-state index in [9.17, 15) is 5.26 Å². The minimum Gasteiger partial charge on any atom is -0.496 e. The number of rotatable bonds is 4. The number of methoxy groups -OCH3 is 1. The number of benzene rings is 1. The Bertz CT molecular complexity index is 941. The minimum atomic E-state index is -0.0326. The van der Waals surface area contributed by atoms with Crippen molar-refractivity contribution in [2.24, 2.45) is 5.92 Å². The lowest BCUT2D eigenvalue weighted by molar-refractivity contribution is 0.416. The maximum absolute atomic E-state index is 9.24. The first-order chi connectivity index (χ1) is 13.3.